The van der Waals surface area contributed by atoms with Gasteiger partial charge >= 0.3 is 0 Å². The lowest BCUT2D eigenvalue weighted by Gasteiger charge is -1.84. The molecule has 0 saturated heterocycles. The highest BCUT2D eigenvalue weighted by molar-refractivity contribution is 5.18. The number of hydrogen-bond donors (Lipinski definition) is 0. The van der Waals surface area contributed by atoms with E-state index in [4.69, 9.17) is 0 Å². The summed E-state index contributed by atoms with van der Waals surface area (Å²) in [6.45, 7) is 0. The molecule has 0 radical (unpaired) electrons. The Morgan fingerprint density at radius 2 is 0.750 bits per heavy atom. The van der Waals surface area contributed by atoms with Crippen molar-refractivity contribution in [2.45, 2.75) is 12.8 Å². The molecule has 0 fully saturated rings. The molecular weight excluding hydrogens is 144 g/mol. The second-order valence-corrected chi connectivity index (χ2v) is 2.59. The van der Waals surface area contributed by atoms with Crippen molar-refractivity contribution in [2.24, 2.45) is 0 Å². The lowest BCUT2D eigenvalue weighted by atomic mass is 10.2. The molecule has 0 aromatic carbocycles. The van der Waals surface area contributed by atoms with E-state index in [1.165, 1.54) is 0 Å². The molecule has 1 aliphatic rings. The van der Waals surface area contributed by atoms with Crippen LogP contribution in [0.1, 0.15) is 12.8 Å². The summed E-state index contributed by atoms with van der Waals surface area (Å²) in [4.78, 5) is 0. The van der Waals surface area contributed by atoms with E-state index in [0.29, 0.717) is 0 Å². The summed E-state index contributed by atoms with van der Waals surface area (Å²) in [5.41, 5.74) is 0. The third kappa shape index (κ3) is 4.51. The maximum Gasteiger partial charge on any atom is -0.0313 e. The summed E-state index contributed by atoms with van der Waals surface area (Å²) < 4.78 is 0. The minimum atomic E-state index is 1.12. The summed E-state index contributed by atoms with van der Waals surface area (Å²) in [6.07, 6.45) is 23.0. The fraction of sp³-hybridized carbons (Fsp3) is 0.167. The van der Waals surface area contributed by atoms with Crippen molar-refractivity contribution >= 4 is 0 Å². The van der Waals surface area contributed by atoms with Gasteiger partial charge in [-0.15, -0.1) is 0 Å². The van der Waals surface area contributed by atoms with Gasteiger partial charge in [-0.25, -0.2) is 0 Å². The molecule has 0 spiro atoms. The first-order chi connectivity index (χ1) is 6.00. The molecule has 0 unspecified atom stereocenters. The average molecular weight is 158 g/mol. The lowest BCUT2D eigenvalue weighted by Crippen LogP contribution is -1.64. The first-order valence-corrected chi connectivity index (χ1v) is 4.32. The Labute approximate surface area is 74.3 Å². The van der Waals surface area contributed by atoms with Gasteiger partial charge in [-0.2, -0.15) is 0 Å². The quantitative estimate of drug-likeness (QED) is 0.505. The normalized spacial score (nSPS) is 30.7. The van der Waals surface area contributed by atoms with Gasteiger partial charge in [0.2, 0.25) is 0 Å². The highest BCUT2D eigenvalue weighted by Gasteiger charge is 1.74. The predicted octanol–water partition coefficient (Wildman–Crippen LogP) is 3.56. The van der Waals surface area contributed by atoms with Crippen molar-refractivity contribution in [1.29, 1.82) is 0 Å². The standard InChI is InChI=1S/C12H14/c1-2-4-6-8-10-12-11-9-7-5-3-1/h1-10H,11-12H2/b2-1-,5-3+,6-4+,9-7-,10-8-. The van der Waals surface area contributed by atoms with Gasteiger partial charge in [-0.05, 0) is 12.8 Å². The Hall–Kier alpha value is -1.30. The molecule has 0 bridgehead atoms. The molecule has 0 nitrogen and oxygen atoms in total. The van der Waals surface area contributed by atoms with Crippen LogP contribution >= 0.6 is 0 Å². The molecule has 1 aliphatic carbocycles. The van der Waals surface area contributed by atoms with Crippen molar-refractivity contribution < 1.29 is 0 Å². The first-order valence-electron chi connectivity index (χ1n) is 4.32. The molecule has 0 N–H and O–H groups in total. The second-order valence-electron chi connectivity index (χ2n) is 2.59. The van der Waals surface area contributed by atoms with Crippen molar-refractivity contribution in [3.8, 4) is 0 Å². The van der Waals surface area contributed by atoms with Crippen LogP contribution in [0.4, 0.5) is 0 Å². The Morgan fingerprint density at radius 3 is 1.17 bits per heavy atom. The first kappa shape index (κ1) is 8.79. The van der Waals surface area contributed by atoms with Crippen LogP contribution in [0.25, 0.3) is 0 Å². The molecule has 62 valence electrons. The third-order valence-corrected chi connectivity index (χ3v) is 1.55. The van der Waals surface area contributed by atoms with E-state index in [0.717, 1.165) is 12.8 Å². The van der Waals surface area contributed by atoms with Gasteiger partial charge in [0, 0.05) is 0 Å². The molecule has 0 aromatic heterocycles. The van der Waals surface area contributed by atoms with E-state index >= 15 is 0 Å². The SMILES string of the molecule is C1=C\C=C\C=C/CC\C=C/C=C/1. The molecule has 0 heterocycles. The molecule has 0 amide bonds. The highest BCUT2D eigenvalue weighted by Crippen LogP contribution is 1.95. The highest BCUT2D eigenvalue weighted by atomic mass is 13.8. The zero-order valence-electron chi connectivity index (χ0n) is 7.19. The van der Waals surface area contributed by atoms with Gasteiger partial charge in [0.05, 0.1) is 0 Å². The number of hydrogen-bond acceptors (Lipinski definition) is 0. The second kappa shape index (κ2) is 6.41. The molecule has 0 heteroatoms. The molecule has 1 rings (SSSR count). The average Bonchev–Trinajstić information content (AvgIpc) is 2.05. The summed E-state index contributed by atoms with van der Waals surface area (Å²) >= 11 is 0. The van der Waals surface area contributed by atoms with Crippen molar-refractivity contribution in [3.05, 3.63) is 60.8 Å². The third-order valence-electron chi connectivity index (χ3n) is 1.55. The molecule has 0 aromatic rings. The minimum Gasteiger partial charge on any atom is -0.0842 e. The van der Waals surface area contributed by atoms with Crippen LogP contribution in [0.3, 0.4) is 0 Å². The zero-order valence-corrected chi connectivity index (χ0v) is 7.19. The molecular formula is C12H14. The van der Waals surface area contributed by atoms with Gasteiger partial charge in [-0.1, -0.05) is 60.8 Å². The smallest absolute Gasteiger partial charge is 0.0313 e. The van der Waals surface area contributed by atoms with Crippen LogP contribution in [0.5, 0.6) is 0 Å². The zero-order chi connectivity index (χ0) is 8.49. The molecule has 12 heavy (non-hydrogen) atoms. The van der Waals surface area contributed by atoms with Gasteiger partial charge < -0.3 is 0 Å². The van der Waals surface area contributed by atoms with E-state index in [1.54, 1.807) is 0 Å². The lowest BCUT2D eigenvalue weighted by molar-refractivity contribution is 1.05. The van der Waals surface area contributed by atoms with Crippen molar-refractivity contribution in [2.75, 3.05) is 0 Å². The van der Waals surface area contributed by atoms with Gasteiger partial charge in [0.1, 0.15) is 0 Å². The largest absolute Gasteiger partial charge is 0.0842 e. The van der Waals surface area contributed by atoms with Crippen LogP contribution < -0.4 is 0 Å². The van der Waals surface area contributed by atoms with E-state index in [-0.39, 0.29) is 0 Å². The predicted molar refractivity (Wildman–Crippen MR) is 54.9 cm³/mol. The monoisotopic (exact) mass is 158 g/mol. The Morgan fingerprint density at radius 1 is 0.417 bits per heavy atom. The molecule has 0 atom stereocenters. The Kier molecular flexibility index (Phi) is 4.70. The van der Waals surface area contributed by atoms with Gasteiger partial charge in [0.15, 0.2) is 0 Å². The van der Waals surface area contributed by atoms with Crippen LogP contribution in [0.15, 0.2) is 60.8 Å². The topological polar surface area (TPSA) is 0 Å². The summed E-state index contributed by atoms with van der Waals surface area (Å²) in [5.74, 6) is 0. The van der Waals surface area contributed by atoms with E-state index < -0.39 is 0 Å². The minimum absolute atomic E-state index is 1.12. The van der Waals surface area contributed by atoms with E-state index in [9.17, 15) is 0 Å². The number of allylic oxidation sites excluding steroid dienone is 10. The fourth-order valence-corrected chi connectivity index (χ4v) is 0.927. The van der Waals surface area contributed by atoms with E-state index in [1.807, 2.05) is 24.3 Å². The summed E-state index contributed by atoms with van der Waals surface area (Å²) in [5, 5.41) is 0. The Bertz CT molecular complexity index is 211. The molecule has 0 aliphatic heterocycles. The van der Waals surface area contributed by atoms with Gasteiger partial charge in [-0.3, -0.25) is 0 Å². The summed E-state index contributed by atoms with van der Waals surface area (Å²) in [6, 6.07) is 0. The molecule has 0 saturated carbocycles. The van der Waals surface area contributed by atoms with Gasteiger partial charge in [0.25, 0.3) is 0 Å². The number of rotatable bonds is 0. The van der Waals surface area contributed by atoms with Crippen molar-refractivity contribution in [3.63, 3.8) is 0 Å². The van der Waals surface area contributed by atoms with Crippen LogP contribution in [0, 0.1) is 0 Å². The van der Waals surface area contributed by atoms with E-state index in [2.05, 4.69) is 36.5 Å². The van der Waals surface area contributed by atoms with Crippen LogP contribution in [-0.4, -0.2) is 0 Å². The maximum atomic E-state index is 2.18. The Balaban J connectivity index is 2.55. The van der Waals surface area contributed by atoms with Crippen LogP contribution in [0.2, 0.25) is 0 Å². The van der Waals surface area contributed by atoms with Crippen molar-refractivity contribution in [1.82, 2.24) is 0 Å². The fourth-order valence-electron chi connectivity index (χ4n) is 0.927. The summed E-state index contributed by atoms with van der Waals surface area (Å²) in [7, 11) is 0. The van der Waals surface area contributed by atoms with Crippen LogP contribution in [-0.2, 0) is 0 Å². The maximum absolute atomic E-state index is 2.18.